The van der Waals surface area contributed by atoms with E-state index in [1.165, 1.54) is 0 Å². The van der Waals surface area contributed by atoms with Gasteiger partial charge in [0, 0.05) is 15.6 Å². The molecule has 2 rings (SSSR count). The highest BCUT2D eigenvalue weighted by Crippen LogP contribution is 2.29. The van der Waals surface area contributed by atoms with Gasteiger partial charge in [0.05, 0.1) is 0 Å². The van der Waals surface area contributed by atoms with Crippen LogP contribution in [0.3, 0.4) is 0 Å². The Labute approximate surface area is 129 Å². The van der Waals surface area contributed by atoms with Crippen LogP contribution in [0.15, 0.2) is 41.4 Å². The molecule has 0 amide bonds. The fourth-order valence-electron chi connectivity index (χ4n) is 1.79. The van der Waals surface area contributed by atoms with Gasteiger partial charge in [0.15, 0.2) is 17.5 Å². The summed E-state index contributed by atoms with van der Waals surface area (Å²) in [5.41, 5.74) is 1.48. The number of ether oxygens (including phenoxy) is 1. The average Bonchev–Trinajstić information content (AvgIpc) is 2.45. The van der Waals surface area contributed by atoms with Crippen LogP contribution in [0.5, 0.6) is 5.75 Å². The van der Waals surface area contributed by atoms with Crippen LogP contribution >= 0.6 is 15.9 Å². The summed E-state index contributed by atoms with van der Waals surface area (Å²) in [6.45, 7) is 5.45. The molecule has 1 nitrogen and oxygen atoms in total. The third kappa shape index (κ3) is 3.47. The SMILES string of the molecule is C=C(C)c1cc(Br)ccc1OCc1ccc(F)c(F)c1F. The van der Waals surface area contributed by atoms with Crippen molar-refractivity contribution in [3.05, 3.63) is 70.0 Å². The molecule has 0 spiro atoms. The zero-order valence-corrected chi connectivity index (χ0v) is 12.8. The first-order valence-electron chi connectivity index (χ1n) is 6.10. The number of hydrogen-bond donors (Lipinski definition) is 0. The number of halogens is 4. The van der Waals surface area contributed by atoms with E-state index in [0.717, 1.165) is 27.7 Å². The molecule has 0 saturated heterocycles. The second-order valence-corrected chi connectivity index (χ2v) is 5.46. The summed E-state index contributed by atoms with van der Waals surface area (Å²) in [6, 6.07) is 7.32. The van der Waals surface area contributed by atoms with Gasteiger partial charge in [-0.25, -0.2) is 13.2 Å². The molecule has 0 aliphatic rings. The lowest BCUT2D eigenvalue weighted by Crippen LogP contribution is -2.03. The molecule has 0 saturated carbocycles. The van der Waals surface area contributed by atoms with Crippen LogP contribution < -0.4 is 4.74 Å². The van der Waals surface area contributed by atoms with E-state index >= 15 is 0 Å². The molecule has 0 bridgehead atoms. The second kappa shape index (κ2) is 6.35. The van der Waals surface area contributed by atoms with Crippen LogP contribution in [0.1, 0.15) is 18.1 Å². The van der Waals surface area contributed by atoms with Gasteiger partial charge in [-0.3, -0.25) is 0 Å². The minimum atomic E-state index is -1.49. The molecule has 0 atom stereocenters. The Kier molecular flexibility index (Phi) is 4.73. The number of rotatable bonds is 4. The maximum atomic E-state index is 13.6. The molecule has 0 aliphatic carbocycles. The summed E-state index contributed by atoms with van der Waals surface area (Å²) in [4.78, 5) is 0. The molecular weight excluding hydrogens is 345 g/mol. The van der Waals surface area contributed by atoms with Crippen molar-refractivity contribution in [2.45, 2.75) is 13.5 Å². The summed E-state index contributed by atoms with van der Waals surface area (Å²) in [5, 5.41) is 0. The normalized spacial score (nSPS) is 10.5. The van der Waals surface area contributed by atoms with Crippen LogP contribution in [0, 0.1) is 17.5 Å². The maximum Gasteiger partial charge on any atom is 0.194 e. The van der Waals surface area contributed by atoms with Gasteiger partial charge in [0.2, 0.25) is 0 Å². The minimum Gasteiger partial charge on any atom is -0.488 e. The van der Waals surface area contributed by atoms with Gasteiger partial charge in [0.25, 0.3) is 0 Å². The molecule has 0 aromatic heterocycles. The van der Waals surface area contributed by atoms with Crippen molar-refractivity contribution in [2.24, 2.45) is 0 Å². The zero-order valence-electron chi connectivity index (χ0n) is 11.2. The van der Waals surface area contributed by atoms with Crippen molar-refractivity contribution in [3.8, 4) is 5.75 Å². The molecule has 21 heavy (non-hydrogen) atoms. The van der Waals surface area contributed by atoms with Gasteiger partial charge in [-0.2, -0.15) is 0 Å². The van der Waals surface area contributed by atoms with Crippen molar-refractivity contribution in [2.75, 3.05) is 0 Å². The van der Waals surface area contributed by atoms with Crippen molar-refractivity contribution >= 4 is 21.5 Å². The lowest BCUT2D eigenvalue weighted by molar-refractivity contribution is 0.294. The zero-order chi connectivity index (χ0) is 15.6. The molecule has 0 unspecified atom stereocenters. The largest absolute Gasteiger partial charge is 0.488 e. The maximum absolute atomic E-state index is 13.6. The van der Waals surface area contributed by atoms with Gasteiger partial charge < -0.3 is 4.74 Å². The van der Waals surface area contributed by atoms with E-state index in [1.54, 1.807) is 12.1 Å². The predicted molar refractivity (Wildman–Crippen MR) is 79.5 cm³/mol. The monoisotopic (exact) mass is 356 g/mol. The van der Waals surface area contributed by atoms with E-state index in [1.807, 2.05) is 13.0 Å². The van der Waals surface area contributed by atoms with Crippen LogP contribution in [0.2, 0.25) is 0 Å². The average molecular weight is 357 g/mol. The van der Waals surface area contributed by atoms with E-state index < -0.39 is 17.5 Å². The highest BCUT2D eigenvalue weighted by molar-refractivity contribution is 9.10. The lowest BCUT2D eigenvalue weighted by atomic mass is 10.1. The van der Waals surface area contributed by atoms with Crippen molar-refractivity contribution in [1.29, 1.82) is 0 Å². The fourth-order valence-corrected chi connectivity index (χ4v) is 2.16. The predicted octanol–water partition coefficient (Wildman–Crippen LogP) is 5.48. The van der Waals surface area contributed by atoms with Crippen molar-refractivity contribution in [3.63, 3.8) is 0 Å². The van der Waals surface area contributed by atoms with Crippen molar-refractivity contribution in [1.82, 2.24) is 0 Å². The summed E-state index contributed by atoms with van der Waals surface area (Å²) >= 11 is 3.34. The molecule has 0 fully saturated rings. The van der Waals surface area contributed by atoms with Gasteiger partial charge in [-0.15, -0.1) is 0 Å². The first-order valence-corrected chi connectivity index (χ1v) is 6.90. The van der Waals surface area contributed by atoms with Gasteiger partial charge >= 0.3 is 0 Å². The molecule has 2 aromatic carbocycles. The van der Waals surface area contributed by atoms with Crippen LogP contribution in [0.25, 0.3) is 5.57 Å². The molecule has 110 valence electrons. The van der Waals surface area contributed by atoms with E-state index in [9.17, 15) is 13.2 Å². The summed E-state index contributed by atoms with van der Waals surface area (Å²) in [5.74, 6) is -3.45. The molecule has 5 heteroatoms. The number of allylic oxidation sites excluding steroid dienone is 1. The summed E-state index contributed by atoms with van der Waals surface area (Å²) in [7, 11) is 0. The van der Waals surface area contributed by atoms with Crippen molar-refractivity contribution < 1.29 is 17.9 Å². The Hall–Kier alpha value is -1.75. The topological polar surface area (TPSA) is 9.23 Å². The number of hydrogen-bond acceptors (Lipinski definition) is 1. The minimum absolute atomic E-state index is 0.0514. The second-order valence-electron chi connectivity index (χ2n) is 4.54. The Morgan fingerprint density at radius 1 is 1.14 bits per heavy atom. The third-order valence-electron chi connectivity index (χ3n) is 2.90. The van der Waals surface area contributed by atoms with Crippen LogP contribution in [0.4, 0.5) is 13.2 Å². The summed E-state index contributed by atoms with van der Waals surface area (Å²) in [6.07, 6.45) is 0. The van der Waals surface area contributed by atoms with E-state index in [-0.39, 0.29) is 12.2 Å². The highest BCUT2D eigenvalue weighted by atomic mass is 79.9. The smallest absolute Gasteiger partial charge is 0.194 e. The lowest BCUT2D eigenvalue weighted by Gasteiger charge is -2.12. The summed E-state index contributed by atoms with van der Waals surface area (Å²) < 4.78 is 45.9. The molecule has 2 aromatic rings. The quantitative estimate of drug-likeness (QED) is 0.659. The first-order chi connectivity index (χ1) is 9.90. The Morgan fingerprint density at radius 3 is 2.52 bits per heavy atom. The van der Waals surface area contributed by atoms with E-state index in [0.29, 0.717) is 5.75 Å². The van der Waals surface area contributed by atoms with Gasteiger partial charge in [-0.05, 0) is 42.8 Å². The first kappa shape index (κ1) is 15.6. The molecule has 0 heterocycles. The molecular formula is C16H12BrF3O. The fraction of sp³-hybridized carbons (Fsp3) is 0.125. The van der Waals surface area contributed by atoms with Gasteiger partial charge in [0.1, 0.15) is 12.4 Å². The van der Waals surface area contributed by atoms with E-state index in [4.69, 9.17) is 4.74 Å². The molecule has 0 N–H and O–H groups in total. The van der Waals surface area contributed by atoms with Crippen LogP contribution in [-0.2, 0) is 6.61 Å². The molecule has 0 radical (unpaired) electrons. The Morgan fingerprint density at radius 2 is 1.86 bits per heavy atom. The highest BCUT2D eigenvalue weighted by Gasteiger charge is 2.14. The third-order valence-corrected chi connectivity index (χ3v) is 3.39. The van der Waals surface area contributed by atoms with E-state index in [2.05, 4.69) is 22.5 Å². The molecule has 0 aliphatic heterocycles. The van der Waals surface area contributed by atoms with Gasteiger partial charge in [-0.1, -0.05) is 22.5 Å². The Bertz CT molecular complexity index is 698. The Balaban J connectivity index is 2.25. The standard InChI is InChI=1S/C16H12BrF3O/c1-9(2)12-7-11(17)4-6-14(12)21-8-10-3-5-13(18)16(20)15(10)19/h3-7H,1,8H2,2H3. The number of benzene rings is 2. The van der Waals surface area contributed by atoms with Crippen LogP contribution in [-0.4, -0.2) is 0 Å².